The molecule has 28 heavy (non-hydrogen) atoms. The van der Waals surface area contributed by atoms with Crippen LogP contribution in [0.1, 0.15) is 24.0 Å². The van der Waals surface area contributed by atoms with Crippen molar-refractivity contribution >= 4 is 5.96 Å². The molecular weight excluding hydrogens is 353 g/mol. The summed E-state index contributed by atoms with van der Waals surface area (Å²) in [4.78, 5) is 4.32. The highest BCUT2D eigenvalue weighted by Crippen LogP contribution is 2.47. The second kappa shape index (κ2) is 7.84. The zero-order valence-electron chi connectivity index (χ0n) is 15.9. The predicted octanol–water partition coefficient (Wildman–Crippen LogP) is 3.41. The summed E-state index contributed by atoms with van der Waals surface area (Å²) in [6.07, 6.45) is 5.82. The smallest absolute Gasteiger partial charge is 0.191 e. The Bertz CT molecular complexity index is 961. The molecule has 1 aromatic heterocycles. The van der Waals surface area contributed by atoms with Gasteiger partial charge in [0.1, 0.15) is 5.82 Å². The van der Waals surface area contributed by atoms with E-state index in [9.17, 15) is 4.39 Å². The van der Waals surface area contributed by atoms with Crippen molar-refractivity contribution in [1.29, 1.82) is 0 Å². The molecule has 0 spiro atoms. The van der Waals surface area contributed by atoms with E-state index < -0.39 is 0 Å². The molecule has 0 amide bonds. The number of aliphatic imine (C=N–C) groups is 1. The maximum Gasteiger partial charge on any atom is 0.191 e. The molecule has 0 aliphatic heterocycles. The molecule has 1 heterocycles. The van der Waals surface area contributed by atoms with E-state index in [1.807, 2.05) is 35.1 Å². The summed E-state index contributed by atoms with van der Waals surface area (Å²) in [5.41, 5.74) is 3.24. The summed E-state index contributed by atoms with van der Waals surface area (Å²) in [5.74, 6) is 0.565. The molecule has 1 saturated carbocycles. The third-order valence-electron chi connectivity index (χ3n) is 5.25. The largest absolute Gasteiger partial charge is 0.356 e. The average Bonchev–Trinajstić information content (AvgIpc) is 3.31. The minimum absolute atomic E-state index is 0.0136. The molecule has 4 rings (SSSR count). The number of nitrogens with one attached hydrogen (secondary N) is 2. The summed E-state index contributed by atoms with van der Waals surface area (Å²) in [5, 5.41) is 11.0. The van der Waals surface area contributed by atoms with Crippen molar-refractivity contribution < 1.29 is 4.39 Å². The molecule has 0 unspecified atom stereocenters. The van der Waals surface area contributed by atoms with Crippen LogP contribution in [0.2, 0.25) is 0 Å². The topological polar surface area (TPSA) is 54.2 Å². The standard InChI is InChI=1S/C22H24FN5/c1-24-21(26-16-22(9-10-22)18-6-3-7-19(23)14-18)25-15-17-5-2-8-20(13-17)28-12-4-11-27-28/h2-8,11-14H,9-10,15-16H2,1H3,(H2,24,25,26). The zero-order chi connectivity index (χ0) is 19.4. The Morgan fingerprint density at radius 2 is 2.00 bits per heavy atom. The van der Waals surface area contributed by atoms with E-state index in [0.717, 1.165) is 42.2 Å². The van der Waals surface area contributed by atoms with E-state index in [4.69, 9.17) is 0 Å². The molecule has 0 bridgehead atoms. The van der Waals surface area contributed by atoms with E-state index in [2.05, 4.69) is 32.9 Å². The number of rotatable bonds is 6. The van der Waals surface area contributed by atoms with Crippen LogP contribution in [-0.2, 0) is 12.0 Å². The van der Waals surface area contributed by atoms with Gasteiger partial charge >= 0.3 is 0 Å². The number of hydrogen-bond acceptors (Lipinski definition) is 2. The molecule has 6 heteroatoms. The van der Waals surface area contributed by atoms with E-state index >= 15 is 0 Å². The fourth-order valence-corrected chi connectivity index (χ4v) is 3.43. The summed E-state index contributed by atoms with van der Waals surface area (Å²) >= 11 is 0. The first-order valence-electron chi connectivity index (χ1n) is 9.48. The van der Waals surface area contributed by atoms with Gasteiger partial charge in [-0.2, -0.15) is 5.10 Å². The highest BCUT2D eigenvalue weighted by Gasteiger charge is 2.44. The van der Waals surface area contributed by atoms with Gasteiger partial charge in [-0.1, -0.05) is 24.3 Å². The first kappa shape index (κ1) is 18.2. The fraction of sp³-hybridized carbons (Fsp3) is 0.273. The van der Waals surface area contributed by atoms with Crippen molar-refractivity contribution in [2.24, 2.45) is 4.99 Å². The molecule has 0 saturated heterocycles. The number of aromatic nitrogens is 2. The highest BCUT2D eigenvalue weighted by atomic mass is 19.1. The number of nitrogens with zero attached hydrogens (tertiary/aromatic N) is 3. The van der Waals surface area contributed by atoms with Crippen LogP contribution in [-0.4, -0.2) is 29.3 Å². The molecule has 0 atom stereocenters. The number of halogens is 1. The van der Waals surface area contributed by atoms with Gasteiger partial charge in [0.25, 0.3) is 0 Å². The molecule has 0 radical (unpaired) electrons. The quantitative estimate of drug-likeness (QED) is 0.511. The molecular formula is C22H24FN5. The van der Waals surface area contributed by atoms with Crippen LogP contribution >= 0.6 is 0 Å². The van der Waals surface area contributed by atoms with Gasteiger partial charge in [-0.3, -0.25) is 4.99 Å². The second-order valence-corrected chi connectivity index (χ2v) is 7.19. The normalized spacial score (nSPS) is 15.3. The van der Waals surface area contributed by atoms with Crippen LogP contribution in [0.15, 0.2) is 72.0 Å². The van der Waals surface area contributed by atoms with Crippen LogP contribution in [0, 0.1) is 5.82 Å². The predicted molar refractivity (Wildman–Crippen MR) is 109 cm³/mol. The average molecular weight is 377 g/mol. The van der Waals surface area contributed by atoms with Crippen LogP contribution in [0.25, 0.3) is 5.69 Å². The van der Waals surface area contributed by atoms with Gasteiger partial charge in [0.15, 0.2) is 5.96 Å². The molecule has 1 aliphatic rings. The van der Waals surface area contributed by atoms with Crippen molar-refractivity contribution in [3.8, 4) is 5.69 Å². The van der Waals surface area contributed by atoms with E-state index in [0.29, 0.717) is 6.54 Å². The Kier molecular flexibility index (Phi) is 5.10. The van der Waals surface area contributed by atoms with Crippen LogP contribution in [0.5, 0.6) is 0 Å². The van der Waals surface area contributed by atoms with Crippen LogP contribution in [0.3, 0.4) is 0 Å². The van der Waals surface area contributed by atoms with E-state index in [1.165, 1.54) is 6.07 Å². The maximum atomic E-state index is 13.6. The number of hydrogen-bond donors (Lipinski definition) is 2. The Balaban J connectivity index is 1.35. The lowest BCUT2D eigenvalue weighted by Crippen LogP contribution is -2.40. The van der Waals surface area contributed by atoms with Crippen molar-refractivity contribution in [1.82, 2.24) is 20.4 Å². The van der Waals surface area contributed by atoms with E-state index in [-0.39, 0.29) is 11.2 Å². The van der Waals surface area contributed by atoms with Gasteiger partial charge in [-0.25, -0.2) is 9.07 Å². The summed E-state index contributed by atoms with van der Waals surface area (Å²) in [6.45, 7) is 1.39. The lowest BCUT2D eigenvalue weighted by Gasteiger charge is -2.19. The molecule has 144 valence electrons. The third kappa shape index (κ3) is 4.06. The Morgan fingerprint density at radius 1 is 1.14 bits per heavy atom. The van der Waals surface area contributed by atoms with Gasteiger partial charge < -0.3 is 10.6 Å². The fourth-order valence-electron chi connectivity index (χ4n) is 3.43. The SMILES string of the molecule is CN=C(NCc1cccc(-n2cccn2)c1)NCC1(c2cccc(F)c2)CC1. The van der Waals surface area contributed by atoms with E-state index in [1.54, 1.807) is 25.4 Å². The summed E-state index contributed by atoms with van der Waals surface area (Å²) in [6, 6.07) is 17.1. The zero-order valence-corrected chi connectivity index (χ0v) is 15.9. The number of guanidine groups is 1. The van der Waals surface area contributed by atoms with Crippen LogP contribution < -0.4 is 10.6 Å². The number of benzene rings is 2. The third-order valence-corrected chi connectivity index (χ3v) is 5.25. The molecule has 3 aromatic rings. The molecule has 1 fully saturated rings. The van der Waals surface area contributed by atoms with Gasteiger partial charge in [-0.05, 0) is 54.3 Å². The van der Waals surface area contributed by atoms with Crippen molar-refractivity contribution in [3.63, 3.8) is 0 Å². The van der Waals surface area contributed by atoms with Gasteiger partial charge in [0, 0.05) is 37.9 Å². The van der Waals surface area contributed by atoms with Crippen molar-refractivity contribution in [2.45, 2.75) is 24.8 Å². The first-order valence-corrected chi connectivity index (χ1v) is 9.48. The highest BCUT2D eigenvalue weighted by molar-refractivity contribution is 5.79. The van der Waals surface area contributed by atoms with Gasteiger partial charge in [-0.15, -0.1) is 0 Å². The Morgan fingerprint density at radius 3 is 2.71 bits per heavy atom. The molecule has 2 N–H and O–H groups in total. The molecule has 2 aromatic carbocycles. The maximum absolute atomic E-state index is 13.6. The van der Waals surface area contributed by atoms with Crippen molar-refractivity contribution in [3.05, 3.63) is 83.9 Å². The minimum Gasteiger partial charge on any atom is -0.356 e. The lowest BCUT2D eigenvalue weighted by atomic mass is 9.96. The van der Waals surface area contributed by atoms with Crippen molar-refractivity contribution in [2.75, 3.05) is 13.6 Å². The summed E-state index contributed by atoms with van der Waals surface area (Å²) < 4.78 is 15.4. The first-order chi connectivity index (χ1) is 13.7. The Hall–Kier alpha value is -3.15. The van der Waals surface area contributed by atoms with Gasteiger partial charge in [0.2, 0.25) is 0 Å². The van der Waals surface area contributed by atoms with Gasteiger partial charge in [0.05, 0.1) is 5.69 Å². The Labute approximate surface area is 164 Å². The monoisotopic (exact) mass is 377 g/mol. The summed E-state index contributed by atoms with van der Waals surface area (Å²) in [7, 11) is 1.76. The second-order valence-electron chi connectivity index (χ2n) is 7.19. The molecule has 5 nitrogen and oxygen atoms in total. The minimum atomic E-state index is -0.177. The molecule has 1 aliphatic carbocycles. The van der Waals surface area contributed by atoms with Crippen LogP contribution in [0.4, 0.5) is 4.39 Å². The lowest BCUT2D eigenvalue weighted by molar-refractivity contribution is 0.607.